The van der Waals surface area contributed by atoms with Gasteiger partial charge in [-0.1, -0.05) is 78.3 Å². The summed E-state index contributed by atoms with van der Waals surface area (Å²) in [4.78, 5) is 0. The van der Waals surface area contributed by atoms with Gasteiger partial charge in [-0.3, -0.25) is 0 Å². The van der Waals surface area contributed by atoms with Gasteiger partial charge < -0.3 is 0 Å². The molecule has 0 bridgehead atoms. The molecular weight excluding hydrogens is 492 g/mol. The van der Waals surface area contributed by atoms with Crippen LogP contribution in [0.2, 0.25) is 5.02 Å². The van der Waals surface area contributed by atoms with Gasteiger partial charge in [-0.15, -0.1) is 0 Å². The van der Waals surface area contributed by atoms with Crippen LogP contribution in [0.5, 0.6) is 0 Å². The number of benzene rings is 3. The fourth-order valence-electron chi connectivity index (χ4n) is 2.45. The second-order valence-electron chi connectivity index (χ2n) is 4.94. The molecule has 0 aliphatic heterocycles. The van der Waals surface area contributed by atoms with Gasteiger partial charge in [0.1, 0.15) is 0 Å². The van der Waals surface area contributed by atoms with Crippen LogP contribution in [-0.4, -0.2) is 0 Å². The summed E-state index contributed by atoms with van der Waals surface area (Å²) in [6.45, 7) is 2.14. The molecule has 0 spiro atoms. The van der Waals surface area contributed by atoms with Crippen molar-refractivity contribution in [2.45, 2.75) is 6.92 Å². The average Bonchev–Trinajstić information content (AvgIpc) is 2.52. The molecule has 0 heterocycles. The van der Waals surface area contributed by atoms with E-state index < -0.39 is 7.92 Å². The van der Waals surface area contributed by atoms with E-state index >= 15 is 0 Å². The maximum atomic E-state index is 6.12. The Kier molecular flexibility index (Phi) is 6.44. The maximum absolute atomic E-state index is 6.12. The third-order valence-corrected chi connectivity index (χ3v) is 6.28. The molecule has 0 aromatic heterocycles. The van der Waals surface area contributed by atoms with Gasteiger partial charge in [-0.25, -0.2) is 0 Å². The van der Waals surface area contributed by atoms with E-state index in [0.29, 0.717) is 0 Å². The molecule has 0 fully saturated rings. The van der Waals surface area contributed by atoms with E-state index in [-0.39, 0.29) is 22.4 Å². The molecule has 0 amide bonds. The van der Waals surface area contributed by atoms with Crippen molar-refractivity contribution in [1.29, 1.82) is 0 Å². The Labute approximate surface area is 153 Å². The molecule has 0 unspecified atom stereocenters. The van der Waals surface area contributed by atoms with Crippen LogP contribution in [0.25, 0.3) is 0 Å². The van der Waals surface area contributed by atoms with E-state index in [0.717, 1.165) is 5.02 Å². The van der Waals surface area contributed by atoms with Crippen molar-refractivity contribution in [2.75, 3.05) is 0 Å². The van der Waals surface area contributed by atoms with Crippen LogP contribution in [0.4, 0.5) is 0 Å². The minimum absolute atomic E-state index is 0. The summed E-state index contributed by atoms with van der Waals surface area (Å²) in [5, 5.41) is 4.90. The first-order valence-electron chi connectivity index (χ1n) is 6.92. The summed E-state index contributed by atoms with van der Waals surface area (Å²) in [5.74, 6) is 0. The minimum Gasteiger partial charge on any atom is -0.0843 e. The fourth-order valence-corrected chi connectivity index (χ4v) is 5.11. The molecule has 0 N–H and O–H groups in total. The van der Waals surface area contributed by atoms with E-state index in [2.05, 4.69) is 79.7 Å². The monoisotopic (exact) mass is 507 g/mol. The summed E-state index contributed by atoms with van der Waals surface area (Å²) in [6, 6.07) is 27.6. The quantitative estimate of drug-likeness (QED) is 0.364. The first-order valence-corrected chi connectivity index (χ1v) is 8.64. The molecule has 0 aliphatic carbocycles. The SMILES string of the molecule is Cc1cc(Cl)ccc1P(c1ccccc1)c1ccccc1.[Au+]. The topological polar surface area (TPSA) is 0 Å². The molecule has 0 saturated heterocycles. The summed E-state index contributed by atoms with van der Waals surface area (Å²) in [5.41, 5.74) is 1.25. The summed E-state index contributed by atoms with van der Waals surface area (Å²) in [7, 11) is -0.538. The second kappa shape index (κ2) is 8.11. The summed E-state index contributed by atoms with van der Waals surface area (Å²) < 4.78 is 0. The summed E-state index contributed by atoms with van der Waals surface area (Å²) >= 11 is 6.12. The predicted molar refractivity (Wildman–Crippen MR) is 94.9 cm³/mol. The Morgan fingerprint density at radius 1 is 0.727 bits per heavy atom. The molecule has 0 saturated carbocycles. The van der Waals surface area contributed by atoms with Crippen molar-refractivity contribution in [2.24, 2.45) is 0 Å². The van der Waals surface area contributed by atoms with Crippen LogP contribution in [-0.2, 0) is 22.4 Å². The van der Waals surface area contributed by atoms with E-state index in [1.165, 1.54) is 21.5 Å². The van der Waals surface area contributed by atoms with Crippen LogP contribution in [0, 0.1) is 6.92 Å². The summed E-state index contributed by atoms with van der Waals surface area (Å²) in [6.07, 6.45) is 0. The number of hydrogen-bond acceptors (Lipinski definition) is 0. The Morgan fingerprint density at radius 2 is 1.23 bits per heavy atom. The molecule has 0 nitrogen and oxygen atoms in total. The Bertz CT molecular complexity index is 689. The molecule has 22 heavy (non-hydrogen) atoms. The first-order chi connectivity index (χ1) is 10.3. The smallest absolute Gasteiger partial charge is 0.0843 e. The number of rotatable bonds is 3. The van der Waals surface area contributed by atoms with Crippen LogP contribution in [0.3, 0.4) is 0 Å². The number of aryl methyl sites for hydroxylation is 1. The van der Waals surface area contributed by atoms with Gasteiger partial charge in [0.25, 0.3) is 0 Å². The van der Waals surface area contributed by atoms with Crippen molar-refractivity contribution in [3.63, 3.8) is 0 Å². The van der Waals surface area contributed by atoms with Gasteiger partial charge in [0.05, 0.1) is 0 Å². The Balaban J connectivity index is 0.00000176. The third-order valence-electron chi connectivity index (χ3n) is 3.43. The van der Waals surface area contributed by atoms with E-state index in [9.17, 15) is 0 Å². The molecule has 114 valence electrons. The third kappa shape index (κ3) is 3.90. The maximum Gasteiger partial charge on any atom is 1.00 e. The van der Waals surface area contributed by atoms with Gasteiger partial charge in [-0.2, -0.15) is 0 Å². The van der Waals surface area contributed by atoms with Crippen LogP contribution in [0.15, 0.2) is 78.9 Å². The molecule has 3 rings (SSSR count). The Morgan fingerprint density at radius 3 is 1.68 bits per heavy atom. The molecular formula is C19H16AuClP+. The first kappa shape index (κ1) is 17.5. The van der Waals surface area contributed by atoms with Gasteiger partial charge in [0.15, 0.2) is 0 Å². The molecule has 0 atom stereocenters. The zero-order valence-corrected chi connectivity index (χ0v) is 15.9. The van der Waals surface area contributed by atoms with E-state index in [1.54, 1.807) is 0 Å². The van der Waals surface area contributed by atoms with Crippen molar-refractivity contribution in [3.8, 4) is 0 Å². The van der Waals surface area contributed by atoms with Crippen LogP contribution >= 0.6 is 19.5 Å². The average molecular weight is 508 g/mol. The largest absolute Gasteiger partial charge is 1.00 e. The van der Waals surface area contributed by atoms with Crippen molar-refractivity contribution in [1.82, 2.24) is 0 Å². The molecule has 3 aromatic rings. The molecule has 3 aromatic carbocycles. The predicted octanol–water partition coefficient (Wildman–Crippen LogP) is 4.40. The number of halogens is 1. The minimum atomic E-state index is -0.538. The fraction of sp³-hybridized carbons (Fsp3) is 0.0526. The van der Waals surface area contributed by atoms with Gasteiger partial charge in [-0.05, 0) is 48.5 Å². The van der Waals surface area contributed by atoms with Crippen LogP contribution < -0.4 is 15.9 Å². The van der Waals surface area contributed by atoms with Gasteiger partial charge in [0, 0.05) is 5.02 Å². The zero-order valence-electron chi connectivity index (χ0n) is 12.1. The standard InChI is InChI=1S/C19H16ClP.Au/c1-15-14-16(20)12-13-19(15)21(17-8-4-2-5-9-17)18-10-6-3-7-11-18;/h2-14H,1H3;/q;+1. The molecule has 0 radical (unpaired) electrons. The van der Waals surface area contributed by atoms with Gasteiger partial charge >= 0.3 is 22.4 Å². The molecule has 3 heteroatoms. The Hall–Kier alpha value is -0.880. The van der Waals surface area contributed by atoms with Crippen LogP contribution in [0.1, 0.15) is 5.56 Å². The normalized spacial score (nSPS) is 10.3. The van der Waals surface area contributed by atoms with Crippen molar-refractivity contribution < 1.29 is 22.4 Å². The van der Waals surface area contributed by atoms with E-state index in [1.807, 2.05) is 6.07 Å². The second-order valence-corrected chi connectivity index (χ2v) is 7.56. The van der Waals surface area contributed by atoms with Gasteiger partial charge in [0.2, 0.25) is 0 Å². The number of hydrogen-bond donors (Lipinski definition) is 0. The van der Waals surface area contributed by atoms with E-state index in [4.69, 9.17) is 11.6 Å². The van der Waals surface area contributed by atoms with Crippen molar-refractivity contribution in [3.05, 3.63) is 89.4 Å². The molecule has 0 aliphatic rings. The van der Waals surface area contributed by atoms with Crippen molar-refractivity contribution >= 4 is 35.4 Å². The zero-order chi connectivity index (χ0) is 14.7.